The molecule has 2 rings (SSSR count). The summed E-state index contributed by atoms with van der Waals surface area (Å²) < 4.78 is 2.04. The fourth-order valence-corrected chi connectivity index (χ4v) is 1.75. The Hall–Kier alpha value is -2.30. The highest BCUT2D eigenvalue weighted by Crippen LogP contribution is 2.10. The third kappa shape index (κ3) is 2.20. The van der Waals surface area contributed by atoms with Crippen LogP contribution in [0.2, 0.25) is 0 Å². The molecule has 5 heteroatoms. The third-order valence-corrected chi connectivity index (χ3v) is 2.79. The van der Waals surface area contributed by atoms with E-state index >= 15 is 0 Å². The average molecular weight is 243 g/mol. The van der Waals surface area contributed by atoms with Crippen LogP contribution in [-0.4, -0.2) is 15.2 Å². The number of fused-ring (bicyclic) bond motifs is 1. The van der Waals surface area contributed by atoms with Crippen molar-refractivity contribution in [2.45, 2.75) is 20.3 Å². The van der Waals surface area contributed by atoms with Gasteiger partial charge in [0.25, 0.3) is 0 Å². The molecule has 0 fully saturated rings. The second-order valence-corrected chi connectivity index (χ2v) is 4.05. The van der Waals surface area contributed by atoms with Gasteiger partial charge in [0.15, 0.2) is 0 Å². The largest absolute Gasteiger partial charge is 0.403 e. The quantitative estimate of drug-likeness (QED) is 0.632. The number of allylic oxidation sites excluding steroid dienone is 1. The lowest BCUT2D eigenvalue weighted by Crippen LogP contribution is -2.14. The van der Waals surface area contributed by atoms with Crippen molar-refractivity contribution in [2.75, 3.05) is 0 Å². The zero-order valence-electron chi connectivity index (χ0n) is 10.6. The molecular formula is C13H17N5. The van der Waals surface area contributed by atoms with E-state index in [0.717, 1.165) is 17.6 Å². The molecule has 0 radical (unpaired) electrons. The summed E-state index contributed by atoms with van der Waals surface area (Å²) in [5, 5.41) is 0. The van der Waals surface area contributed by atoms with E-state index < -0.39 is 0 Å². The van der Waals surface area contributed by atoms with E-state index in [1.165, 1.54) is 11.9 Å². The predicted molar refractivity (Wildman–Crippen MR) is 73.2 cm³/mol. The van der Waals surface area contributed by atoms with Crippen LogP contribution in [0.25, 0.3) is 5.65 Å². The molecule has 94 valence electrons. The van der Waals surface area contributed by atoms with Crippen LogP contribution in [-0.2, 0) is 6.42 Å². The first-order valence-corrected chi connectivity index (χ1v) is 5.84. The maximum Gasteiger partial charge on any atom is 0.137 e. The fourth-order valence-electron chi connectivity index (χ4n) is 1.75. The van der Waals surface area contributed by atoms with Crippen molar-refractivity contribution < 1.29 is 0 Å². The van der Waals surface area contributed by atoms with Crippen LogP contribution in [0.15, 0.2) is 41.4 Å². The van der Waals surface area contributed by atoms with Crippen LogP contribution in [0, 0.1) is 0 Å². The number of aromatic nitrogens is 2. The molecule has 0 saturated carbocycles. The number of aryl methyl sites for hydroxylation is 1. The van der Waals surface area contributed by atoms with Gasteiger partial charge in [0.2, 0.25) is 0 Å². The molecule has 5 nitrogen and oxygen atoms in total. The Balaban J connectivity index is 2.45. The second-order valence-electron chi connectivity index (χ2n) is 4.05. The topological polar surface area (TPSA) is 81.7 Å². The van der Waals surface area contributed by atoms with Crippen molar-refractivity contribution in [1.29, 1.82) is 0 Å². The van der Waals surface area contributed by atoms with E-state index in [1.807, 2.05) is 28.9 Å². The van der Waals surface area contributed by atoms with Crippen LogP contribution in [0.4, 0.5) is 0 Å². The van der Waals surface area contributed by atoms with Crippen LogP contribution < -0.4 is 11.5 Å². The van der Waals surface area contributed by atoms with E-state index in [2.05, 4.69) is 16.9 Å². The lowest BCUT2D eigenvalue weighted by Gasteiger charge is -2.03. The van der Waals surface area contributed by atoms with Crippen LogP contribution >= 0.6 is 0 Å². The summed E-state index contributed by atoms with van der Waals surface area (Å²) in [5.74, 6) is 0.442. The molecule has 0 bridgehead atoms. The predicted octanol–water partition coefficient (Wildman–Crippen LogP) is 1.42. The molecule has 0 amide bonds. The van der Waals surface area contributed by atoms with E-state index in [0.29, 0.717) is 11.5 Å². The summed E-state index contributed by atoms with van der Waals surface area (Å²) in [4.78, 5) is 8.54. The van der Waals surface area contributed by atoms with Crippen molar-refractivity contribution >= 4 is 11.5 Å². The van der Waals surface area contributed by atoms with E-state index in [-0.39, 0.29) is 0 Å². The van der Waals surface area contributed by atoms with E-state index in [1.54, 1.807) is 6.92 Å². The highest BCUT2D eigenvalue weighted by Gasteiger charge is 2.04. The fraction of sp³-hybridized carbons (Fsp3) is 0.231. The second kappa shape index (κ2) is 4.91. The molecule has 0 unspecified atom stereocenters. The normalized spacial score (nSPS) is 13.2. The Labute approximate surface area is 106 Å². The zero-order valence-corrected chi connectivity index (χ0v) is 10.6. The molecule has 0 aliphatic heterocycles. The minimum atomic E-state index is 0.442. The highest BCUT2D eigenvalue weighted by molar-refractivity contribution is 5.98. The molecule has 0 aromatic carbocycles. The molecule has 4 N–H and O–H groups in total. The number of imidazole rings is 1. The van der Waals surface area contributed by atoms with Gasteiger partial charge in [-0.15, -0.1) is 0 Å². The smallest absolute Gasteiger partial charge is 0.137 e. The summed E-state index contributed by atoms with van der Waals surface area (Å²) in [6.45, 7) is 3.90. The summed E-state index contributed by atoms with van der Waals surface area (Å²) in [5.41, 5.74) is 14.9. The number of hydrogen-bond donors (Lipinski definition) is 2. The van der Waals surface area contributed by atoms with Gasteiger partial charge in [-0.2, -0.15) is 0 Å². The minimum absolute atomic E-state index is 0.442. The number of amidine groups is 1. The number of pyridine rings is 1. The van der Waals surface area contributed by atoms with E-state index in [9.17, 15) is 0 Å². The van der Waals surface area contributed by atoms with Gasteiger partial charge < -0.3 is 15.9 Å². The van der Waals surface area contributed by atoms with Gasteiger partial charge in [0.05, 0.1) is 5.70 Å². The Bertz CT molecular complexity index is 621. The zero-order chi connectivity index (χ0) is 13.1. The molecule has 2 heterocycles. The molecule has 18 heavy (non-hydrogen) atoms. The first-order chi connectivity index (χ1) is 8.65. The van der Waals surface area contributed by atoms with Crippen molar-refractivity contribution in [3.8, 4) is 0 Å². The minimum Gasteiger partial charge on any atom is -0.403 e. The molecule has 0 aliphatic carbocycles. The Morgan fingerprint density at radius 2 is 2.33 bits per heavy atom. The Kier molecular flexibility index (Phi) is 3.32. The standard InChI is InChI=1S/C13H17N5/c1-3-11-8-16-12-6-10(4-5-18(11)12)13(15)17-9(2)7-14/h4-8H,3,14H2,1-2H3,(H2,15,17)/b9-7-. The van der Waals surface area contributed by atoms with Crippen molar-refractivity contribution in [1.82, 2.24) is 9.38 Å². The summed E-state index contributed by atoms with van der Waals surface area (Å²) in [7, 11) is 0. The summed E-state index contributed by atoms with van der Waals surface area (Å²) in [6, 6.07) is 3.85. The van der Waals surface area contributed by atoms with Crippen molar-refractivity contribution in [3.63, 3.8) is 0 Å². The lowest BCUT2D eigenvalue weighted by molar-refractivity contribution is 0.994. The summed E-state index contributed by atoms with van der Waals surface area (Å²) in [6.07, 6.45) is 6.20. The number of hydrogen-bond acceptors (Lipinski definition) is 3. The molecule has 2 aromatic rings. The Morgan fingerprint density at radius 3 is 3.00 bits per heavy atom. The number of rotatable bonds is 3. The molecule has 0 atom stereocenters. The average Bonchev–Trinajstić information content (AvgIpc) is 2.80. The number of nitrogens with zero attached hydrogens (tertiary/aromatic N) is 3. The third-order valence-electron chi connectivity index (χ3n) is 2.79. The van der Waals surface area contributed by atoms with Crippen LogP contribution in [0.5, 0.6) is 0 Å². The lowest BCUT2D eigenvalue weighted by atomic mass is 10.2. The number of aliphatic imine (C=N–C) groups is 1. The van der Waals surface area contributed by atoms with Gasteiger partial charge in [-0.1, -0.05) is 6.92 Å². The maximum atomic E-state index is 5.92. The van der Waals surface area contributed by atoms with Gasteiger partial charge >= 0.3 is 0 Å². The SMILES string of the molecule is CCc1cnc2cc(C(N)=N/C(C)=C\N)ccn12. The Morgan fingerprint density at radius 1 is 1.56 bits per heavy atom. The summed E-state index contributed by atoms with van der Waals surface area (Å²) >= 11 is 0. The van der Waals surface area contributed by atoms with E-state index in [4.69, 9.17) is 11.5 Å². The van der Waals surface area contributed by atoms with Crippen molar-refractivity contribution in [2.24, 2.45) is 16.5 Å². The van der Waals surface area contributed by atoms with Crippen molar-refractivity contribution in [3.05, 3.63) is 47.7 Å². The van der Waals surface area contributed by atoms with Gasteiger partial charge in [-0.05, 0) is 25.5 Å². The van der Waals surface area contributed by atoms with Gasteiger partial charge in [-0.3, -0.25) is 0 Å². The van der Waals surface area contributed by atoms with Crippen LogP contribution in [0.3, 0.4) is 0 Å². The first kappa shape index (κ1) is 12.2. The number of nitrogens with two attached hydrogens (primary N) is 2. The first-order valence-electron chi connectivity index (χ1n) is 5.84. The molecule has 2 aromatic heterocycles. The maximum absolute atomic E-state index is 5.92. The molecule has 0 aliphatic rings. The molecule has 0 saturated heterocycles. The van der Waals surface area contributed by atoms with Crippen LogP contribution in [0.1, 0.15) is 25.1 Å². The molecular weight excluding hydrogens is 226 g/mol. The highest BCUT2D eigenvalue weighted by atomic mass is 15.0. The molecule has 0 spiro atoms. The van der Waals surface area contributed by atoms with Gasteiger partial charge in [0, 0.05) is 29.9 Å². The van der Waals surface area contributed by atoms with Gasteiger partial charge in [0.1, 0.15) is 11.5 Å². The van der Waals surface area contributed by atoms with Gasteiger partial charge in [-0.25, -0.2) is 9.98 Å². The monoisotopic (exact) mass is 243 g/mol.